The van der Waals surface area contributed by atoms with Gasteiger partial charge < -0.3 is 15.0 Å². The van der Waals surface area contributed by atoms with Gasteiger partial charge in [0.25, 0.3) is 11.9 Å². The highest BCUT2D eigenvalue weighted by molar-refractivity contribution is 5.92. The molecule has 0 spiro atoms. The number of likely N-dealkylation sites (tertiary alicyclic amines) is 1. The van der Waals surface area contributed by atoms with Crippen molar-refractivity contribution in [1.82, 2.24) is 24.6 Å². The molecule has 0 radical (unpaired) electrons. The van der Waals surface area contributed by atoms with Crippen LogP contribution >= 0.6 is 0 Å². The monoisotopic (exact) mass is 456 g/mol. The van der Waals surface area contributed by atoms with Gasteiger partial charge in [-0.25, -0.2) is 9.97 Å². The SMILES string of the molecule is Cc1cc(C)nc(-n2nc(C)cc2NC(=O)COC(=O)C2CCN(C(=O)C(C)(C)C)CC2)n1. The van der Waals surface area contributed by atoms with Crippen LogP contribution < -0.4 is 5.32 Å². The van der Waals surface area contributed by atoms with Crippen molar-refractivity contribution in [3.8, 4) is 5.95 Å². The molecule has 1 fully saturated rings. The number of carbonyl (C=O) groups is 3. The summed E-state index contributed by atoms with van der Waals surface area (Å²) >= 11 is 0. The van der Waals surface area contributed by atoms with Gasteiger partial charge in [0, 0.05) is 36.0 Å². The number of aryl methyl sites for hydroxylation is 3. The first kappa shape index (κ1) is 24.3. The third kappa shape index (κ3) is 6.15. The maximum Gasteiger partial charge on any atom is 0.309 e. The van der Waals surface area contributed by atoms with Crippen molar-refractivity contribution < 1.29 is 19.1 Å². The number of esters is 1. The molecule has 2 amide bonds. The van der Waals surface area contributed by atoms with E-state index in [1.165, 1.54) is 4.68 Å². The van der Waals surface area contributed by atoms with Crippen molar-refractivity contribution in [1.29, 1.82) is 0 Å². The molecule has 0 saturated carbocycles. The van der Waals surface area contributed by atoms with Gasteiger partial charge in [-0.3, -0.25) is 14.4 Å². The third-order valence-corrected chi connectivity index (χ3v) is 5.36. The van der Waals surface area contributed by atoms with Crippen LogP contribution in [0.3, 0.4) is 0 Å². The smallest absolute Gasteiger partial charge is 0.309 e. The molecule has 10 heteroatoms. The first-order chi connectivity index (χ1) is 15.4. The zero-order valence-corrected chi connectivity index (χ0v) is 20.1. The van der Waals surface area contributed by atoms with Gasteiger partial charge in [-0.2, -0.15) is 9.78 Å². The Morgan fingerprint density at radius 1 is 1.03 bits per heavy atom. The van der Waals surface area contributed by atoms with Gasteiger partial charge in [-0.15, -0.1) is 0 Å². The molecule has 0 aliphatic carbocycles. The Morgan fingerprint density at radius 3 is 2.21 bits per heavy atom. The fraction of sp³-hybridized carbons (Fsp3) is 0.565. The highest BCUT2D eigenvalue weighted by Gasteiger charge is 2.33. The predicted octanol–water partition coefficient (Wildman–Crippen LogP) is 2.35. The number of hydrogen-bond donors (Lipinski definition) is 1. The molecule has 1 aliphatic rings. The molecule has 1 aliphatic heterocycles. The van der Waals surface area contributed by atoms with E-state index in [1.54, 1.807) is 17.9 Å². The largest absolute Gasteiger partial charge is 0.455 e. The summed E-state index contributed by atoms with van der Waals surface area (Å²) in [5.41, 5.74) is 1.80. The van der Waals surface area contributed by atoms with Crippen molar-refractivity contribution in [2.24, 2.45) is 11.3 Å². The maximum absolute atomic E-state index is 12.5. The number of nitrogens with zero attached hydrogens (tertiary/aromatic N) is 5. The molecule has 2 aromatic rings. The lowest BCUT2D eigenvalue weighted by molar-refractivity contribution is -0.155. The summed E-state index contributed by atoms with van der Waals surface area (Å²) in [5.74, 6) is -0.395. The lowest BCUT2D eigenvalue weighted by Crippen LogP contribution is -2.45. The minimum Gasteiger partial charge on any atom is -0.455 e. The van der Waals surface area contributed by atoms with E-state index >= 15 is 0 Å². The van der Waals surface area contributed by atoms with Crippen molar-refractivity contribution >= 4 is 23.6 Å². The molecule has 10 nitrogen and oxygen atoms in total. The van der Waals surface area contributed by atoms with E-state index in [0.717, 1.165) is 11.4 Å². The van der Waals surface area contributed by atoms with Crippen molar-refractivity contribution in [2.75, 3.05) is 25.0 Å². The molecular weight excluding hydrogens is 424 g/mol. The molecule has 3 heterocycles. The minimum atomic E-state index is -0.478. The Labute approximate surface area is 193 Å². The van der Waals surface area contributed by atoms with Crippen molar-refractivity contribution in [3.05, 3.63) is 29.2 Å². The summed E-state index contributed by atoms with van der Waals surface area (Å²) in [6.45, 7) is 11.8. The Balaban J connectivity index is 1.54. The van der Waals surface area contributed by atoms with Gasteiger partial charge in [-0.05, 0) is 39.7 Å². The number of piperidine rings is 1. The Hall–Kier alpha value is -3.30. The van der Waals surface area contributed by atoms with Crippen LogP contribution in [0.1, 0.15) is 50.7 Å². The topological polar surface area (TPSA) is 119 Å². The second-order valence-electron chi connectivity index (χ2n) is 9.51. The maximum atomic E-state index is 12.5. The number of amides is 2. The molecule has 1 N–H and O–H groups in total. The zero-order chi connectivity index (χ0) is 24.3. The van der Waals surface area contributed by atoms with E-state index in [2.05, 4.69) is 20.4 Å². The van der Waals surface area contributed by atoms with Gasteiger partial charge in [0.15, 0.2) is 6.61 Å². The van der Waals surface area contributed by atoms with Crippen LogP contribution in [0.25, 0.3) is 5.95 Å². The lowest BCUT2D eigenvalue weighted by atomic mass is 9.91. The van der Waals surface area contributed by atoms with E-state index in [9.17, 15) is 14.4 Å². The third-order valence-electron chi connectivity index (χ3n) is 5.36. The molecule has 33 heavy (non-hydrogen) atoms. The predicted molar refractivity (Wildman–Crippen MR) is 122 cm³/mol. The summed E-state index contributed by atoms with van der Waals surface area (Å²) in [6.07, 6.45) is 1.05. The molecule has 0 atom stereocenters. The van der Waals surface area contributed by atoms with Gasteiger partial charge in [0.1, 0.15) is 5.82 Å². The summed E-state index contributed by atoms with van der Waals surface area (Å²) < 4.78 is 6.71. The highest BCUT2D eigenvalue weighted by Crippen LogP contribution is 2.24. The summed E-state index contributed by atoms with van der Waals surface area (Å²) in [4.78, 5) is 47.8. The van der Waals surface area contributed by atoms with Crippen LogP contribution in [0.5, 0.6) is 0 Å². The van der Waals surface area contributed by atoms with Crippen LogP contribution in [-0.2, 0) is 19.1 Å². The van der Waals surface area contributed by atoms with E-state index in [4.69, 9.17) is 4.74 Å². The molecule has 0 aromatic carbocycles. The Morgan fingerprint density at radius 2 is 1.64 bits per heavy atom. The second kappa shape index (κ2) is 9.68. The first-order valence-corrected chi connectivity index (χ1v) is 11.1. The van der Waals surface area contributed by atoms with E-state index in [1.807, 2.05) is 40.7 Å². The number of nitrogens with one attached hydrogen (secondary N) is 1. The average molecular weight is 457 g/mol. The van der Waals surface area contributed by atoms with E-state index < -0.39 is 23.9 Å². The summed E-state index contributed by atoms with van der Waals surface area (Å²) in [7, 11) is 0. The minimum absolute atomic E-state index is 0.0772. The van der Waals surface area contributed by atoms with Gasteiger partial charge in [0.2, 0.25) is 5.91 Å². The molecule has 0 unspecified atom stereocenters. The number of carbonyl (C=O) groups excluding carboxylic acids is 3. The number of ether oxygens (including phenoxy) is 1. The quantitative estimate of drug-likeness (QED) is 0.686. The second-order valence-corrected chi connectivity index (χ2v) is 9.51. The normalized spacial score (nSPS) is 14.8. The van der Waals surface area contributed by atoms with E-state index in [0.29, 0.717) is 43.4 Å². The number of aromatic nitrogens is 4. The molecule has 178 valence electrons. The molecule has 0 bridgehead atoms. The lowest BCUT2D eigenvalue weighted by Gasteiger charge is -2.34. The number of anilines is 1. The van der Waals surface area contributed by atoms with Gasteiger partial charge in [-0.1, -0.05) is 20.8 Å². The van der Waals surface area contributed by atoms with Crippen molar-refractivity contribution in [2.45, 2.75) is 54.4 Å². The highest BCUT2D eigenvalue weighted by atomic mass is 16.5. The van der Waals surface area contributed by atoms with Gasteiger partial charge >= 0.3 is 5.97 Å². The standard InChI is InChI=1S/C23H32N6O4/c1-14-11-15(2)25-22(24-14)29-18(12-16(3)27-29)26-19(30)13-33-20(31)17-7-9-28(10-8-17)21(32)23(4,5)6/h11-12,17H,7-10,13H2,1-6H3,(H,26,30). The summed E-state index contributed by atoms with van der Waals surface area (Å²) in [5, 5.41) is 7.08. The van der Waals surface area contributed by atoms with Crippen LogP contribution in [0.15, 0.2) is 12.1 Å². The fourth-order valence-electron chi connectivity index (χ4n) is 3.77. The van der Waals surface area contributed by atoms with Crippen LogP contribution in [-0.4, -0.2) is 62.1 Å². The first-order valence-electron chi connectivity index (χ1n) is 11.1. The average Bonchev–Trinajstić information content (AvgIpc) is 3.10. The Bertz CT molecular complexity index is 1030. The fourth-order valence-corrected chi connectivity index (χ4v) is 3.77. The number of rotatable bonds is 5. The van der Waals surface area contributed by atoms with Crippen molar-refractivity contribution in [3.63, 3.8) is 0 Å². The van der Waals surface area contributed by atoms with Crippen LogP contribution in [0, 0.1) is 32.1 Å². The molecule has 1 saturated heterocycles. The van der Waals surface area contributed by atoms with E-state index in [-0.39, 0.29) is 11.8 Å². The van der Waals surface area contributed by atoms with Crippen LogP contribution in [0.4, 0.5) is 5.82 Å². The molecule has 2 aromatic heterocycles. The number of hydrogen-bond acceptors (Lipinski definition) is 7. The summed E-state index contributed by atoms with van der Waals surface area (Å²) in [6, 6.07) is 3.55. The zero-order valence-electron chi connectivity index (χ0n) is 20.1. The molecule has 3 rings (SSSR count). The molecular formula is C23H32N6O4. The van der Waals surface area contributed by atoms with Crippen LogP contribution in [0.2, 0.25) is 0 Å². The Kier molecular flexibility index (Phi) is 7.14. The van der Waals surface area contributed by atoms with Gasteiger partial charge in [0.05, 0.1) is 11.6 Å².